The molecule has 0 spiro atoms. The minimum absolute atomic E-state index is 0.00928. The number of anilines is 2. The highest BCUT2D eigenvalue weighted by atomic mass is 16.6. The molecule has 0 bridgehead atoms. The number of carbonyl (C=O) groups excluding carboxylic acids is 1. The number of aryl methyl sites for hydroxylation is 2. The lowest BCUT2D eigenvalue weighted by molar-refractivity contribution is -0.384. The molecule has 0 atom stereocenters. The lowest BCUT2D eigenvalue weighted by Gasteiger charge is -2.16. The summed E-state index contributed by atoms with van der Waals surface area (Å²) >= 11 is 0. The average Bonchev–Trinajstić information content (AvgIpc) is 3.10. The minimum Gasteiger partial charge on any atom is -0.341 e. The molecule has 8 heteroatoms. The first kappa shape index (κ1) is 16.8. The molecular weight excluding hydrogens is 322 g/mol. The molecule has 1 aliphatic heterocycles. The molecule has 1 aliphatic rings. The van der Waals surface area contributed by atoms with Gasteiger partial charge in [0.2, 0.25) is 5.95 Å². The van der Waals surface area contributed by atoms with Crippen molar-refractivity contribution in [2.24, 2.45) is 0 Å². The number of nitro groups is 1. The number of non-ortho nitro benzene ring substituents is 1. The first-order valence-electron chi connectivity index (χ1n) is 8.10. The van der Waals surface area contributed by atoms with E-state index in [1.165, 1.54) is 24.4 Å². The number of nitrogens with one attached hydrogen (secondary N) is 1. The monoisotopic (exact) mass is 341 g/mol. The van der Waals surface area contributed by atoms with Gasteiger partial charge in [0.05, 0.1) is 16.2 Å². The lowest BCUT2D eigenvalue weighted by atomic mass is 10.1. The number of rotatable bonds is 4. The Hall–Kier alpha value is -3.03. The first-order valence-corrected chi connectivity index (χ1v) is 8.10. The van der Waals surface area contributed by atoms with Crippen LogP contribution in [-0.2, 0) is 0 Å². The predicted octanol–water partition coefficient (Wildman–Crippen LogP) is 2.85. The first-order chi connectivity index (χ1) is 12.0. The quantitative estimate of drug-likeness (QED) is 0.678. The lowest BCUT2D eigenvalue weighted by Crippen LogP contribution is -2.22. The van der Waals surface area contributed by atoms with Crippen LogP contribution in [0.3, 0.4) is 0 Å². The number of amides is 1. The summed E-state index contributed by atoms with van der Waals surface area (Å²) in [5.41, 5.74) is 2.13. The summed E-state index contributed by atoms with van der Waals surface area (Å²) in [6.07, 6.45) is 3.79. The normalized spacial score (nSPS) is 13.8. The number of nitrogens with zero attached hydrogens (tertiary/aromatic N) is 4. The standard InChI is InChI=1S/C17H19N5O3/c1-11-9-13(22(24)25)5-6-15(11)20-16(23)14-10-18-17(19-12(14)2)21-7-3-4-8-21/h5-6,9-10H,3-4,7-8H2,1-2H3,(H,20,23). The van der Waals surface area contributed by atoms with Crippen LogP contribution in [0, 0.1) is 24.0 Å². The fourth-order valence-corrected chi connectivity index (χ4v) is 2.84. The fourth-order valence-electron chi connectivity index (χ4n) is 2.84. The Kier molecular flexibility index (Phi) is 4.60. The zero-order valence-corrected chi connectivity index (χ0v) is 14.2. The van der Waals surface area contributed by atoms with Gasteiger partial charge in [0.25, 0.3) is 11.6 Å². The molecular formula is C17H19N5O3. The topological polar surface area (TPSA) is 101 Å². The summed E-state index contributed by atoms with van der Waals surface area (Å²) in [6.45, 7) is 5.36. The van der Waals surface area contributed by atoms with Gasteiger partial charge in [0, 0.05) is 37.1 Å². The van der Waals surface area contributed by atoms with E-state index >= 15 is 0 Å². The molecule has 1 amide bonds. The highest BCUT2D eigenvalue weighted by Gasteiger charge is 2.18. The van der Waals surface area contributed by atoms with Crippen molar-refractivity contribution in [1.29, 1.82) is 0 Å². The van der Waals surface area contributed by atoms with E-state index in [2.05, 4.69) is 20.2 Å². The van der Waals surface area contributed by atoms with E-state index in [-0.39, 0.29) is 11.6 Å². The number of carbonyl (C=O) groups is 1. The van der Waals surface area contributed by atoms with Crippen molar-refractivity contribution in [1.82, 2.24) is 9.97 Å². The maximum absolute atomic E-state index is 12.5. The molecule has 0 saturated carbocycles. The van der Waals surface area contributed by atoms with Crippen LogP contribution < -0.4 is 10.2 Å². The van der Waals surface area contributed by atoms with Gasteiger partial charge in [-0.15, -0.1) is 0 Å². The summed E-state index contributed by atoms with van der Waals surface area (Å²) in [5.74, 6) is 0.320. The van der Waals surface area contributed by atoms with E-state index in [1.807, 2.05) is 0 Å². The Morgan fingerprint density at radius 1 is 1.28 bits per heavy atom. The van der Waals surface area contributed by atoms with Crippen LogP contribution in [-0.4, -0.2) is 33.9 Å². The number of hydrogen-bond donors (Lipinski definition) is 1. The number of hydrogen-bond acceptors (Lipinski definition) is 6. The molecule has 0 aliphatic carbocycles. The van der Waals surface area contributed by atoms with Crippen LogP contribution in [0.2, 0.25) is 0 Å². The van der Waals surface area contributed by atoms with Gasteiger partial charge in [-0.2, -0.15) is 0 Å². The SMILES string of the molecule is Cc1cc([N+](=O)[O-])ccc1NC(=O)c1cnc(N2CCCC2)nc1C. The van der Waals surface area contributed by atoms with E-state index in [0.29, 0.717) is 28.5 Å². The van der Waals surface area contributed by atoms with Crippen LogP contribution >= 0.6 is 0 Å². The highest BCUT2D eigenvalue weighted by molar-refractivity contribution is 6.05. The van der Waals surface area contributed by atoms with Gasteiger partial charge in [0.15, 0.2) is 0 Å². The third-order valence-corrected chi connectivity index (χ3v) is 4.27. The van der Waals surface area contributed by atoms with Crippen molar-refractivity contribution in [2.45, 2.75) is 26.7 Å². The van der Waals surface area contributed by atoms with E-state index in [9.17, 15) is 14.9 Å². The number of aromatic nitrogens is 2. The molecule has 2 heterocycles. The second-order valence-corrected chi connectivity index (χ2v) is 6.07. The molecule has 0 radical (unpaired) electrons. The van der Waals surface area contributed by atoms with Gasteiger partial charge in [-0.3, -0.25) is 14.9 Å². The van der Waals surface area contributed by atoms with Gasteiger partial charge < -0.3 is 10.2 Å². The van der Waals surface area contributed by atoms with Crippen molar-refractivity contribution in [3.8, 4) is 0 Å². The summed E-state index contributed by atoms with van der Waals surface area (Å²) in [5, 5.41) is 13.6. The van der Waals surface area contributed by atoms with Crippen molar-refractivity contribution in [3.63, 3.8) is 0 Å². The van der Waals surface area contributed by atoms with E-state index in [0.717, 1.165) is 25.9 Å². The fraction of sp³-hybridized carbons (Fsp3) is 0.353. The largest absolute Gasteiger partial charge is 0.341 e. The Morgan fingerprint density at radius 2 is 2.00 bits per heavy atom. The maximum Gasteiger partial charge on any atom is 0.269 e. The smallest absolute Gasteiger partial charge is 0.269 e. The summed E-state index contributed by atoms with van der Waals surface area (Å²) in [4.78, 5) is 33.7. The Labute approximate surface area is 145 Å². The molecule has 1 aromatic carbocycles. The molecule has 1 N–H and O–H groups in total. The number of benzene rings is 1. The second kappa shape index (κ2) is 6.84. The minimum atomic E-state index is -0.465. The average molecular weight is 341 g/mol. The zero-order chi connectivity index (χ0) is 18.0. The molecule has 3 rings (SSSR count). The predicted molar refractivity (Wildman–Crippen MR) is 94.0 cm³/mol. The van der Waals surface area contributed by atoms with Crippen molar-refractivity contribution >= 4 is 23.2 Å². The molecule has 8 nitrogen and oxygen atoms in total. The molecule has 130 valence electrons. The van der Waals surface area contributed by atoms with Crippen LogP contribution in [0.15, 0.2) is 24.4 Å². The van der Waals surface area contributed by atoms with E-state index < -0.39 is 4.92 Å². The van der Waals surface area contributed by atoms with Crippen molar-refractivity contribution in [2.75, 3.05) is 23.3 Å². The molecule has 1 saturated heterocycles. The Bertz CT molecular complexity index is 831. The van der Waals surface area contributed by atoms with E-state index in [1.54, 1.807) is 13.8 Å². The maximum atomic E-state index is 12.5. The summed E-state index contributed by atoms with van der Waals surface area (Å²) in [7, 11) is 0. The van der Waals surface area contributed by atoms with Crippen molar-refractivity contribution in [3.05, 3.63) is 51.3 Å². The third kappa shape index (κ3) is 3.57. The van der Waals surface area contributed by atoms with Crippen LogP contribution in [0.25, 0.3) is 0 Å². The van der Waals surface area contributed by atoms with Crippen LogP contribution in [0.4, 0.5) is 17.3 Å². The van der Waals surface area contributed by atoms with E-state index in [4.69, 9.17) is 0 Å². The summed E-state index contributed by atoms with van der Waals surface area (Å²) < 4.78 is 0. The molecule has 2 aromatic rings. The van der Waals surface area contributed by atoms with Gasteiger partial charge in [0.1, 0.15) is 0 Å². The van der Waals surface area contributed by atoms with Gasteiger partial charge >= 0.3 is 0 Å². The highest BCUT2D eigenvalue weighted by Crippen LogP contribution is 2.22. The number of nitro benzene ring substituents is 1. The van der Waals surface area contributed by atoms with Gasteiger partial charge in [-0.05, 0) is 38.3 Å². The second-order valence-electron chi connectivity index (χ2n) is 6.07. The molecule has 25 heavy (non-hydrogen) atoms. The van der Waals surface area contributed by atoms with Gasteiger partial charge in [-0.1, -0.05) is 0 Å². The third-order valence-electron chi connectivity index (χ3n) is 4.27. The van der Waals surface area contributed by atoms with Crippen LogP contribution in [0.1, 0.15) is 34.5 Å². The van der Waals surface area contributed by atoms with Crippen LogP contribution in [0.5, 0.6) is 0 Å². The molecule has 1 fully saturated rings. The molecule has 0 unspecified atom stereocenters. The van der Waals surface area contributed by atoms with Gasteiger partial charge in [-0.25, -0.2) is 9.97 Å². The Balaban J connectivity index is 1.78. The Morgan fingerprint density at radius 3 is 2.60 bits per heavy atom. The van der Waals surface area contributed by atoms with Crippen molar-refractivity contribution < 1.29 is 9.72 Å². The molecule has 1 aromatic heterocycles. The summed E-state index contributed by atoms with van der Waals surface area (Å²) in [6, 6.07) is 4.32. The zero-order valence-electron chi connectivity index (χ0n) is 14.2.